The van der Waals surface area contributed by atoms with Crippen LogP contribution in [0.5, 0.6) is 5.88 Å². The molecule has 4 aromatic rings. The number of hydrogen-bond acceptors (Lipinski definition) is 5. The van der Waals surface area contributed by atoms with Crippen LogP contribution in [0.15, 0.2) is 70.5 Å². The van der Waals surface area contributed by atoms with Crippen LogP contribution in [0.25, 0.3) is 16.6 Å². The number of benzene rings is 1. The highest BCUT2D eigenvalue weighted by Crippen LogP contribution is 2.26. The van der Waals surface area contributed by atoms with Gasteiger partial charge in [0.05, 0.1) is 5.56 Å². The van der Waals surface area contributed by atoms with Crippen LogP contribution in [-0.2, 0) is 0 Å². The highest BCUT2D eigenvalue weighted by Gasteiger charge is 2.17. The van der Waals surface area contributed by atoms with Gasteiger partial charge in [-0.3, -0.25) is 4.79 Å². The molecule has 0 spiro atoms. The first-order valence-electron chi connectivity index (χ1n) is 8.83. The van der Waals surface area contributed by atoms with E-state index in [0.717, 1.165) is 11.4 Å². The fourth-order valence-electron chi connectivity index (χ4n) is 3.09. The van der Waals surface area contributed by atoms with Gasteiger partial charge in [-0.15, -0.1) is 0 Å². The van der Waals surface area contributed by atoms with E-state index < -0.39 is 0 Å². The fraction of sp³-hybridized carbons (Fsp3) is 0.0909. The highest BCUT2D eigenvalue weighted by atomic mass is 16.3. The molecule has 3 heterocycles. The predicted octanol–water partition coefficient (Wildman–Crippen LogP) is 3.85. The first-order chi connectivity index (χ1) is 13.5. The van der Waals surface area contributed by atoms with Crippen LogP contribution in [-0.4, -0.2) is 25.9 Å². The van der Waals surface area contributed by atoms with Gasteiger partial charge in [0.15, 0.2) is 5.82 Å². The van der Waals surface area contributed by atoms with E-state index in [0.29, 0.717) is 28.0 Å². The van der Waals surface area contributed by atoms with Gasteiger partial charge in [0, 0.05) is 28.4 Å². The third-order valence-electron chi connectivity index (χ3n) is 4.41. The molecule has 0 bridgehead atoms. The average Bonchev–Trinajstić information content (AvgIpc) is 2.68. The predicted molar refractivity (Wildman–Crippen MR) is 110 cm³/mol. The molecule has 138 valence electrons. The minimum Gasteiger partial charge on any atom is -0.494 e. The summed E-state index contributed by atoms with van der Waals surface area (Å²) in [7, 11) is 0. The van der Waals surface area contributed by atoms with Gasteiger partial charge in [0.25, 0.3) is 5.56 Å². The summed E-state index contributed by atoms with van der Waals surface area (Å²) in [5.41, 5.74) is 1.69. The minimum absolute atomic E-state index is 0.210. The third-order valence-corrected chi connectivity index (χ3v) is 4.41. The first kappa shape index (κ1) is 17.6. The molecule has 0 aliphatic rings. The molecule has 4 rings (SSSR count). The molecule has 0 saturated carbocycles. The second-order valence-corrected chi connectivity index (χ2v) is 6.46. The summed E-state index contributed by atoms with van der Waals surface area (Å²) >= 11 is 0. The number of aryl methyl sites for hydroxylation is 2. The van der Waals surface area contributed by atoms with Crippen molar-refractivity contribution in [2.24, 2.45) is 4.99 Å². The zero-order valence-corrected chi connectivity index (χ0v) is 15.5. The van der Waals surface area contributed by atoms with Crippen molar-refractivity contribution in [3.8, 4) is 11.7 Å². The van der Waals surface area contributed by atoms with Gasteiger partial charge in [-0.2, -0.15) is 0 Å². The summed E-state index contributed by atoms with van der Waals surface area (Å²) in [6.45, 7) is 3.72. The Morgan fingerprint density at radius 1 is 0.893 bits per heavy atom. The van der Waals surface area contributed by atoms with Gasteiger partial charge < -0.3 is 5.11 Å². The molecule has 0 fully saturated rings. The molecule has 1 N–H and O–H groups in total. The Kier molecular flexibility index (Phi) is 4.45. The van der Waals surface area contributed by atoms with Crippen LogP contribution < -0.4 is 5.56 Å². The van der Waals surface area contributed by atoms with Crippen LogP contribution >= 0.6 is 0 Å². The molecule has 3 aromatic heterocycles. The Labute approximate surface area is 161 Å². The van der Waals surface area contributed by atoms with E-state index in [2.05, 4.69) is 15.0 Å². The summed E-state index contributed by atoms with van der Waals surface area (Å²) in [6, 6.07) is 18.0. The van der Waals surface area contributed by atoms with E-state index in [9.17, 15) is 9.90 Å². The normalized spacial score (nSPS) is 11.4. The molecule has 28 heavy (non-hydrogen) atoms. The van der Waals surface area contributed by atoms with Crippen LogP contribution in [0.3, 0.4) is 0 Å². The molecule has 0 saturated heterocycles. The summed E-state index contributed by atoms with van der Waals surface area (Å²) in [5.74, 6) is 0.671. The molecule has 0 atom stereocenters. The second-order valence-electron chi connectivity index (χ2n) is 6.46. The number of nitrogens with zero attached hydrogens (tertiary/aromatic N) is 4. The molecular formula is C22H18N4O2. The fourth-order valence-corrected chi connectivity index (χ4v) is 3.09. The third kappa shape index (κ3) is 3.16. The van der Waals surface area contributed by atoms with Gasteiger partial charge >= 0.3 is 0 Å². The second kappa shape index (κ2) is 7.08. The van der Waals surface area contributed by atoms with Crippen molar-refractivity contribution in [2.45, 2.75) is 13.8 Å². The Morgan fingerprint density at radius 2 is 1.57 bits per heavy atom. The number of aliphatic imine (C=N–C) groups is 1. The average molecular weight is 370 g/mol. The maximum absolute atomic E-state index is 13.0. The number of fused-ring (bicyclic) bond motifs is 1. The number of pyridine rings is 3. The Balaban J connectivity index is 1.99. The van der Waals surface area contributed by atoms with Gasteiger partial charge in [-0.25, -0.2) is 19.5 Å². The molecule has 0 amide bonds. The van der Waals surface area contributed by atoms with Crippen molar-refractivity contribution in [1.82, 2.24) is 14.5 Å². The lowest BCUT2D eigenvalue weighted by Gasteiger charge is -2.13. The topological polar surface area (TPSA) is 80.4 Å². The van der Waals surface area contributed by atoms with Crippen molar-refractivity contribution >= 4 is 22.8 Å². The number of rotatable bonds is 3. The van der Waals surface area contributed by atoms with Crippen LogP contribution in [0, 0.1) is 13.8 Å². The maximum atomic E-state index is 13.0. The van der Waals surface area contributed by atoms with Crippen LogP contribution in [0.4, 0.5) is 5.82 Å². The molecule has 1 aromatic carbocycles. The monoisotopic (exact) mass is 370 g/mol. The molecule has 0 radical (unpaired) electrons. The maximum Gasteiger partial charge on any atom is 0.267 e. The number of hydrogen-bond donors (Lipinski definition) is 1. The minimum atomic E-state index is -0.336. The number of aromatic nitrogens is 3. The lowest BCUT2D eigenvalue weighted by molar-refractivity contribution is 0.435. The smallest absolute Gasteiger partial charge is 0.267 e. The van der Waals surface area contributed by atoms with Crippen molar-refractivity contribution < 1.29 is 5.11 Å². The van der Waals surface area contributed by atoms with Gasteiger partial charge in [-0.1, -0.05) is 30.3 Å². The van der Waals surface area contributed by atoms with Gasteiger partial charge in [0.1, 0.15) is 5.82 Å². The SMILES string of the molecule is Cc1cccc(/N=C/c2c(O)n(-c3cccc(C)n3)c(=O)c3ccccc23)n1. The van der Waals surface area contributed by atoms with Crippen molar-refractivity contribution in [2.75, 3.05) is 0 Å². The van der Waals surface area contributed by atoms with Crippen molar-refractivity contribution in [3.05, 3.63) is 88.0 Å². The number of aromatic hydroxyl groups is 1. The first-order valence-corrected chi connectivity index (χ1v) is 8.83. The van der Waals surface area contributed by atoms with Crippen molar-refractivity contribution in [1.29, 1.82) is 0 Å². The van der Waals surface area contributed by atoms with Crippen molar-refractivity contribution in [3.63, 3.8) is 0 Å². The lowest BCUT2D eigenvalue weighted by atomic mass is 10.1. The summed E-state index contributed by atoms with van der Waals surface area (Å²) in [6.07, 6.45) is 1.53. The van der Waals surface area contributed by atoms with E-state index in [1.165, 1.54) is 10.8 Å². The summed E-state index contributed by atoms with van der Waals surface area (Å²) < 4.78 is 1.21. The van der Waals surface area contributed by atoms with E-state index in [4.69, 9.17) is 0 Å². The van der Waals surface area contributed by atoms with Crippen LogP contribution in [0.1, 0.15) is 17.0 Å². The largest absolute Gasteiger partial charge is 0.494 e. The molecule has 0 aliphatic carbocycles. The van der Waals surface area contributed by atoms with E-state index >= 15 is 0 Å². The molecular weight excluding hydrogens is 352 g/mol. The summed E-state index contributed by atoms with van der Waals surface area (Å²) in [5, 5.41) is 12.0. The standard InChI is InChI=1S/C22H18N4O2/c1-14-7-5-11-19(24-14)23-13-18-16-9-3-4-10-17(16)21(27)26(22(18)28)20-12-6-8-15(2)25-20/h3-13,28H,1-2H3/b23-13+. The summed E-state index contributed by atoms with van der Waals surface area (Å²) in [4.78, 5) is 26.2. The molecule has 6 heteroatoms. The zero-order valence-electron chi connectivity index (χ0n) is 15.5. The highest BCUT2D eigenvalue weighted by molar-refractivity contribution is 6.02. The van der Waals surface area contributed by atoms with E-state index in [1.54, 1.807) is 36.4 Å². The Hall–Kier alpha value is -3.80. The quantitative estimate of drug-likeness (QED) is 0.556. The molecule has 0 aliphatic heterocycles. The molecule has 6 nitrogen and oxygen atoms in total. The van der Waals surface area contributed by atoms with Crippen LogP contribution in [0.2, 0.25) is 0 Å². The van der Waals surface area contributed by atoms with Gasteiger partial charge in [0.2, 0.25) is 5.88 Å². The zero-order chi connectivity index (χ0) is 19.7. The van der Waals surface area contributed by atoms with E-state index in [-0.39, 0.29) is 11.4 Å². The molecule has 0 unspecified atom stereocenters. The van der Waals surface area contributed by atoms with Gasteiger partial charge in [-0.05, 0) is 44.2 Å². The Morgan fingerprint density at radius 3 is 2.29 bits per heavy atom. The Bertz CT molecular complexity index is 1280. The lowest BCUT2D eigenvalue weighted by Crippen LogP contribution is -2.21. The van der Waals surface area contributed by atoms with E-state index in [1.807, 2.05) is 38.1 Å².